The molecule has 2 fully saturated rings. The fourth-order valence-corrected chi connectivity index (χ4v) is 3.82. The quantitative estimate of drug-likeness (QED) is 0.836. The van der Waals surface area contributed by atoms with Crippen LogP contribution in [0.5, 0.6) is 0 Å². The minimum Gasteiger partial charge on any atom is -0.373 e. The zero-order valence-electron chi connectivity index (χ0n) is 12.5. The number of ether oxygens (including phenoxy) is 1. The summed E-state index contributed by atoms with van der Waals surface area (Å²) in [4.78, 5) is 15.5. The molecule has 2 aliphatic heterocycles. The highest BCUT2D eigenvalue weighted by Gasteiger charge is 2.32. The number of carbonyl (C=O) groups is 1. The van der Waals surface area contributed by atoms with Crippen LogP contribution in [0.3, 0.4) is 0 Å². The number of amides is 1. The van der Waals surface area contributed by atoms with Crippen molar-refractivity contribution in [3.05, 3.63) is 29.3 Å². The van der Waals surface area contributed by atoms with Crippen molar-refractivity contribution >= 4 is 29.3 Å². The number of halogens is 1. The fourth-order valence-electron chi connectivity index (χ4n) is 2.97. The van der Waals surface area contributed by atoms with Gasteiger partial charge in [-0.2, -0.15) is 0 Å². The number of nitrogens with one attached hydrogen (secondary N) is 1. The molecule has 0 aromatic heterocycles. The lowest BCUT2D eigenvalue weighted by Gasteiger charge is -2.35. The average Bonchev–Trinajstić information content (AvgIpc) is 3.00. The van der Waals surface area contributed by atoms with Gasteiger partial charge in [-0.05, 0) is 43.7 Å². The number of benzene rings is 1. The van der Waals surface area contributed by atoms with Crippen molar-refractivity contribution < 1.29 is 9.53 Å². The Labute approximate surface area is 140 Å². The zero-order chi connectivity index (χ0) is 15.4. The van der Waals surface area contributed by atoms with Crippen molar-refractivity contribution in [1.82, 2.24) is 10.2 Å². The number of hydrogen-bond acceptors (Lipinski definition) is 4. The molecule has 0 aliphatic carbocycles. The van der Waals surface area contributed by atoms with E-state index in [2.05, 4.69) is 10.2 Å². The van der Waals surface area contributed by atoms with Crippen molar-refractivity contribution in [2.75, 3.05) is 32.0 Å². The molecule has 1 amide bonds. The zero-order valence-corrected chi connectivity index (χ0v) is 14.0. The second kappa shape index (κ2) is 7.68. The molecule has 0 saturated carbocycles. The van der Waals surface area contributed by atoms with Crippen LogP contribution in [0.1, 0.15) is 12.8 Å². The molecule has 0 bridgehead atoms. The number of fused-ring (bicyclic) bond motifs is 1. The molecule has 2 saturated heterocycles. The van der Waals surface area contributed by atoms with E-state index in [1.54, 1.807) is 0 Å². The third kappa shape index (κ3) is 4.38. The Morgan fingerprint density at radius 1 is 1.41 bits per heavy atom. The first-order valence-electron chi connectivity index (χ1n) is 7.71. The predicted molar refractivity (Wildman–Crippen MR) is 89.5 cm³/mol. The van der Waals surface area contributed by atoms with Crippen LogP contribution in [-0.4, -0.2) is 54.9 Å². The van der Waals surface area contributed by atoms with E-state index in [1.807, 2.05) is 24.3 Å². The molecule has 0 spiro atoms. The lowest BCUT2D eigenvalue weighted by atomic mass is 10.2. The van der Waals surface area contributed by atoms with E-state index in [4.69, 9.17) is 16.3 Å². The van der Waals surface area contributed by atoms with Gasteiger partial charge in [0.15, 0.2) is 0 Å². The Kier molecular flexibility index (Phi) is 5.63. The topological polar surface area (TPSA) is 41.6 Å². The van der Waals surface area contributed by atoms with Gasteiger partial charge < -0.3 is 10.1 Å². The maximum absolute atomic E-state index is 11.9. The summed E-state index contributed by atoms with van der Waals surface area (Å²) in [6.07, 6.45) is 2.64. The molecule has 4 nitrogen and oxygen atoms in total. The van der Waals surface area contributed by atoms with Gasteiger partial charge in [-0.15, -0.1) is 11.8 Å². The lowest BCUT2D eigenvalue weighted by molar-refractivity contribution is -0.120. The largest absolute Gasteiger partial charge is 0.373 e. The van der Waals surface area contributed by atoms with Gasteiger partial charge in [0.1, 0.15) is 0 Å². The van der Waals surface area contributed by atoms with Crippen LogP contribution < -0.4 is 5.32 Å². The predicted octanol–water partition coefficient (Wildman–Crippen LogP) is 2.41. The summed E-state index contributed by atoms with van der Waals surface area (Å²) in [5.74, 6) is 0.466. The van der Waals surface area contributed by atoms with Crippen LogP contribution in [0.15, 0.2) is 29.2 Å². The van der Waals surface area contributed by atoms with Crippen molar-refractivity contribution in [3.63, 3.8) is 0 Å². The molecule has 2 aliphatic rings. The summed E-state index contributed by atoms with van der Waals surface area (Å²) >= 11 is 7.36. The van der Waals surface area contributed by atoms with E-state index in [0.717, 1.165) is 18.0 Å². The minimum atomic E-state index is 0.0482. The van der Waals surface area contributed by atoms with E-state index in [0.29, 0.717) is 23.4 Å². The second-order valence-electron chi connectivity index (χ2n) is 5.79. The Morgan fingerprint density at radius 2 is 2.23 bits per heavy atom. The molecule has 22 heavy (non-hydrogen) atoms. The van der Waals surface area contributed by atoms with Gasteiger partial charge in [-0.3, -0.25) is 9.69 Å². The maximum atomic E-state index is 11.9. The Bertz CT molecular complexity index is 511. The van der Waals surface area contributed by atoms with E-state index in [1.165, 1.54) is 31.1 Å². The molecule has 2 atom stereocenters. The lowest BCUT2D eigenvalue weighted by Crippen LogP contribution is -2.50. The van der Waals surface area contributed by atoms with Gasteiger partial charge in [0.05, 0.1) is 18.5 Å². The van der Waals surface area contributed by atoms with Crippen molar-refractivity contribution in [1.29, 1.82) is 0 Å². The molecule has 0 unspecified atom stereocenters. The first-order chi connectivity index (χ1) is 10.7. The van der Waals surface area contributed by atoms with Crippen molar-refractivity contribution in [3.8, 4) is 0 Å². The number of carbonyl (C=O) groups excluding carboxylic acids is 1. The average molecular weight is 341 g/mol. The Balaban J connectivity index is 1.36. The van der Waals surface area contributed by atoms with Gasteiger partial charge in [0.25, 0.3) is 0 Å². The molecule has 0 radical (unpaired) electrons. The summed E-state index contributed by atoms with van der Waals surface area (Å²) < 4.78 is 5.84. The number of thioether (sulfide) groups is 1. The van der Waals surface area contributed by atoms with Gasteiger partial charge in [0.2, 0.25) is 5.91 Å². The third-order valence-corrected chi connectivity index (χ3v) is 5.44. The minimum absolute atomic E-state index is 0.0482. The summed E-state index contributed by atoms with van der Waals surface area (Å²) in [6, 6.07) is 8.14. The van der Waals surface area contributed by atoms with Crippen LogP contribution in [0, 0.1) is 0 Å². The second-order valence-corrected chi connectivity index (χ2v) is 7.28. The Hall–Kier alpha value is -0.750. The molecule has 120 valence electrons. The molecule has 1 N–H and O–H groups in total. The standard InChI is InChI=1S/C16H21ClN2O2S/c17-12-3-5-15(6-4-12)22-11-16(20)18-8-14-9-19-7-1-2-13(19)10-21-14/h3-6,13-14H,1-2,7-11H2,(H,18,20)/t13-,14-/m1/s1. The van der Waals surface area contributed by atoms with E-state index in [9.17, 15) is 4.79 Å². The monoisotopic (exact) mass is 340 g/mol. The third-order valence-electron chi connectivity index (χ3n) is 4.17. The summed E-state index contributed by atoms with van der Waals surface area (Å²) in [5, 5.41) is 3.69. The van der Waals surface area contributed by atoms with Crippen molar-refractivity contribution in [2.45, 2.75) is 29.9 Å². The van der Waals surface area contributed by atoms with Gasteiger partial charge in [0, 0.05) is 29.0 Å². The molecule has 1 aromatic carbocycles. The smallest absolute Gasteiger partial charge is 0.230 e. The summed E-state index contributed by atoms with van der Waals surface area (Å²) in [5.41, 5.74) is 0. The van der Waals surface area contributed by atoms with E-state index < -0.39 is 0 Å². The van der Waals surface area contributed by atoms with Crippen molar-refractivity contribution in [2.24, 2.45) is 0 Å². The molecular formula is C16H21ClN2O2S. The first-order valence-corrected chi connectivity index (χ1v) is 9.08. The number of rotatable bonds is 5. The van der Waals surface area contributed by atoms with Crippen LogP contribution in [-0.2, 0) is 9.53 Å². The SMILES string of the molecule is O=C(CSc1ccc(Cl)cc1)NC[C@@H]1CN2CCC[C@@H]2CO1. The fraction of sp³-hybridized carbons (Fsp3) is 0.562. The van der Waals surface area contributed by atoms with E-state index in [-0.39, 0.29) is 12.0 Å². The van der Waals surface area contributed by atoms with Gasteiger partial charge in [-0.1, -0.05) is 11.6 Å². The van der Waals surface area contributed by atoms with Crippen LogP contribution in [0.25, 0.3) is 0 Å². The normalized spacial score (nSPS) is 25.0. The maximum Gasteiger partial charge on any atom is 0.230 e. The number of morpholine rings is 1. The van der Waals surface area contributed by atoms with E-state index >= 15 is 0 Å². The molecular weight excluding hydrogens is 320 g/mol. The highest BCUT2D eigenvalue weighted by Crippen LogP contribution is 2.22. The number of nitrogens with zero attached hydrogens (tertiary/aromatic N) is 1. The molecule has 6 heteroatoms. The molecule has 1 aromatic rings. The highest BCUT2D eigenvalue weighted by atomic mass is 35.5. The van der Waals surface area contributed by atoms with Gasteiger partial charge >= 0.3 is 0 Å². The summed E-state index contributed by atoms with van der Waals surface area (Å²) in [7, 11) is 0. The molecule has 3 rings (SSSR count). The summed E-state index contributed by atoms with van der Waals surface area (Å²) in [6.45, 7) is 3.52. The first kappa shape index (κ1) is 16.1. The van der Waals surface area contributed by atoms with Crippen LogP contribution in [0.4, 0.5) is 0 Å². The molecule has 2 heterocycles. The van der Waals surface area contributed by atoms with Crippen LogP contribution in [0.2, 0.25) is 5.02 Å². The van der Waals surface area contributed by atoms with Gasteiger partial charge in [-0.25, -0.2) is 0 Å². The van der Waals surface area contributed by atoms with Crippen LogP contribution >= 0.6 is 23.4 Å². The Morgan fingerprint density at radius 3 is 3.05 bits per heavy atom. The highest BCUT2D eigenvalue weighted by molar-refractivity contribution is 8.00. The number of hydrogen-bond donors (Lipinski definition) is 1.